The number of amidine groups is 4. The highest BCUT2D eigenvalue weighted by atomic mass is 19.4. The molecule has 17 nitrogen and oxygen atoms in total. The molecule has 2 aromatic carbocycles. The molecule has 324 valence electrons. The molecule has 0 aliphatic carbocycles. The van der Waals surface area contributed by atoms with Crippen molar-refractivity contribution < 1.29 is 51.2 Å². The van der Waals surface area contributed by atoms with Gasteiger partial charge in [-0.2, -0.15) is 36.5 Å². The van der Waals surface area contributed by atoms with Gasteiger partial charge in [-0.25, -0.2) is 4.79 Å². The maximum Gasteiger partial charge on any atom is 0.416 e. The Bertz CT molecular complexity index is 2370. The molecule has 0 saturated heterocycles. The van der Waals surface area contributed by atoms with E-state index < -0.39 is 35.5 Å². The number of carbonyl (C=O) groups excluding carboxylic acids is 1. The monoisotopic (exact) mass is 858 g/mol. The van der Waals surface area contributed by atoms with Gasteiger partial charge in [-0.15, -0.1) is 0 Å². The lowest BCUT2D eigenvalue weighted by Crippen LogP contribution is -2.43. The topological polar surface area (TPSA) is 224 Å². The third-order valence-electron chi connectivity index (χ3n) is 9.78. The molecule has 8 rings (SSSR count). The number of carbonyl (C=O) groups is 1. The van der Waals surface area contributed by atoms with E-state index in [2.05, 4.69) is 51.0 Å². The largest absolute Gasteiger partial charge is 0.461 e. The number of rotatable bonds is 11. The first kappa shape index (κ1) is 42.8. The number of aliphatic hydroxyl groups is 3. The average Bonchev–Trinajstić information content (AvgIpc) is 4.06. The molecule has 0 saturated carbocycles. The lowest BCUT2D eigenvalue weighted by molar-refractivity contribution is -0.138. The summed E-state index contributed by atoms with van der Waals surface area (Å²) < 4.78 is 84.4. The van der Waals surface area contributed by atoms with Crippen molar-refractivity contribution in [2.45, 2.75) is 50.8 Å². The van der Waals surface area contributed by atoms with Crippen molar-refractivity contribution in [1.29, 1.82) is 0 Å². The van der Waals surface area contributed by atoms with Gasteiger partial charge in [0.2, 0.25) is 0 Å². The number of aromatic amines is 2. The van der Waals surface area contributed by atoms with Crippen LogP contribution in [0.25, 0.3) is 0 Å². The second-order valence-electron chi connectivity index (χ2n) is 13.8. The summed E-state index contributed by atoms with van der Waals surface area (Å²) in [6.07, 6.45) is -8.14. The van der Waals surface area contributed by atoms with E-state index in [1.54, 1.807) is 28.9 Å². The van der Waals surface area contributed by atoms with Crippen LogP contribution >= 0.6 is 0 Å². The van der Waals surface area contributed by atoms with E-state index in [0.29, 0.717) is 77.7 Å². The standard InChI is InChI=1S/C20H21F3N6O3.C18H19F3N6O2/c1-2-32-19(31)14-9-13(27-28-14)16-10-25-18-17(24-6-3-7-30)26-12-8-11(20(21,22)23)4-5-15(12)29(16)18;19-18(20,21)10-2-3-14-12(6-10)24-16(22-4-1-5-28)17-23-8-15(27(14)17)13-7-11(9-29)25-26-13/h4-5,8-9,16,30H,2-3,6-7,10H2,1H3,(H,24,26)(H,27,28);2-3,6-7,15,28-29H,1,4-5,8-9H2,(H,22,24)(H,25,26). The normalized spacial score (nSPS) is 19.2. The molecule has 2 aromatic heterocycles. The number of alkyl halides is 6. The van der Waals surface area contributed by atoms with Crippen LogP contribution in [0, 0.1) is 0 Å². The number of anilines is 4. The van der Waals surface area contributed by atoms with Crippen LogP contribution in [0.1, 0.15) is 70.5 Å². The molecule has 7 N–H and O–H groups in total. The third-order valence-corrected chi connectivity index (χ3v) is 9.78. The second kappa shape index (κ2) is 17.7. The lowest BCUT2D eigenvalue weighted by Gasteiger charge is -2.34. The van der Waals surface area contributed by atoms with Gasteiger partial charge in [0.05, 0.1) is 89.3 Å². The molecule has 4 aliphatic rings. The molecule has 6 heterocycles. The molecule has 4 aliphatic heterocycles. The molecule has 61 heavy (non-hydrogen) atoms. The van der Waals surface area contributed by atoms with Gasteiger partial charge in [-0.3, -0.25) is 30.2 Å². The highest BCUT2D eigenvalue weighted by Crippen LogP contribution is 2.44. The van der Waals surface area contributed by atoms with Gasteiger partial charge in [-0.1, -0.05) is 0 Å². The van der Waals surface area contributed by atoms with Crippen LogP contribution in [0.3, 0.4) is 0 Å². The van der Waals surface area contributed by atoms with E-state index >= 15 is 0 Å². The average molecular weight is 859 g/mol. The molecule has 23 heteroatoms. The Kier molecular flexibility index (Phi) is 12.4. The molecule has 4 aromatic rings. The third kappa shape index (κ3) is 8.93. The number of ether oxygens (including phenoxy) is 1. The van der Waals surface area contributed by atoms with Gasteiger partial charge in [-0.05, 0) is 68.3 Å². The summed E-state index contributed by atoms with van der Waals surface area (Å²) in [5.41, 5.74) is 1.80. The number of aromatic nitrogens is 4. The zero-order valence-corrected chi connectivity index (χ0v) is 32.3. The van der Waals surface area contributed by atoms with Gasteiger partial charge in [0.1, 0.15) is 0 Å². The number of hydrogen-bond donors (Lipinski definition) is 7. The zero-order chi connectivity index (χ0) is 43.5. The van der Waals surface area contributed by atoms with Gasteiger partial charge in [0.25, 0.3) is 0 Å². The summed E-state index contributed by atoms with van der Waals surface area (Å²) in [6.45, 7) is 2.80. The summed E-state index contributed by atoms with van der Waals surface area (Å²) in [5.74, 6) is 1.07. The first-order chi connectivity index (χ1) is 29.2. The molecule has 2 atom stereocenters. The van der Waals surface area contributed by atoms with Gasteiger partial charge < -0.3 is 40.5 Å². The molecule has 0 amide bonds. The van der Waals surface area contributed by atoms with Gasteiger partial charge >= 0.3 is 18.3 Å². The van der Waals surface area contributed by atoms with Crippen molar-refractivity contribution in [2.24, 2.45) is 20.0 Å². The number of aliphatic imine (C=N–C) groups is 4. The summed E-state index contributed by atoms with van der Waals surface area (Å²) >= 11 is 0. The number of nitrogens with zero attached hydrogens (tertiary/aromatic N) is 8. The highest BCUT2D eigenvalue weighted by molar-refractivity contribution is 6.52. The maximum absolute atomic E-state index is 13.3. The Morgan fingerprint density at radius 2 is 1.31 bits per heavy atom. The Labute approximate surface area is 343 Å². The van der Waals surface area contributed by atoms with E-state index in [0.717, 1.165) is 24.3 Å². The van der Waals surface area contributed by atoms with Crippen molar-refractivity contribution in [3.8, 4) is 0 Å². The van der Waals surface area contributed by atoms with E-state index in [1.807, 2.05) is 0 Å². The number of fused-ring (bicyclic) bond motifs is 6. The Hall–Kier alpha value is -6.33. The second-order valence-corrected chi connectivity index (χ2v) is 13.8. The fourth-order valence-corrected chi connectivity index (χ4v) is 6.97. The summed E-state index contributed by atoms with van der Waals surface area (Å²) in [7, 11) is 0. The minimum absolute atomic E-state index is 0.0401. The van der Waals surface area contributed by atoms with Gasteiger partial charge in [0, 0.05) is 26.3 Å². The number of H-pyrrole nitrogens is 2. The Morgan fingerprint density at radius 3 is 1.80 bits per heavy atom. The van der Waals surface area contributed by atoms with E-state index in [-0.39, 0.29) is 62.6 Å². The van der Waals surface area contributed by atoms with Crippen LogP contribution in [-0.4, -0.2) is 111 Å². The van der Waals surface area contributed by atoms with Crippen molar-refractivity contribution in [1.82, 2.24) is 20.4 Å². The van der Waals surface area contributed by atoms with Crippen LogP contribution in [0.15, 0.2) is 68.5 Å². The van der Waals surface area contributed by atoms with Crippen LogP contribution in [0.4, 0.5) is 49.1 Å². The fourth-order valence-electron chi connectivity index (χ4n) is 6.97. The predicted octanol–water partition coefficient (Wildman–Crippen LogP) is 4.86. The zero-order valence-electron chi connectivity index (χ0n) is 32.3. The molecular formula is C38H40F6N12O5. The Balaban J connectivity index is 0.000000185. The molecule has 0 bridgehead atoms. The van der Waals surface area contributed by atoms with Gasteiger partial charge in [0.15, 0.2) is 29.0 Å². The molecule has 0 spiro atoms. The fraction of sp³-hybridized carbons (Fsp3) is 0.395. The minimum atomic E-state index is -4.50. The van der Waals surface area contributed by atoms with Crippen molar-refractivity contribution in [3.05, 3.63) is 82.4 Å². The first-order valence-corrected chi connectivity index (χ1v) is 19.1. The molecule has 0 fully saturated rings. The summed E-state index contributed by atoms with van der Waals surface area (Å²) in [6, 6.07) is 9.39. The molecule has 0 radical (unpaired) electrons. The molecule has 2 unspecified atom stereocenters. The lowest BCUT2D eigenvalue weighted by atomic mass is 10.1. The first-order valence-electron chi connectivity index (χ1n) is 19.1. The number of halogens is 6. The van der Waals surface area contributed by atoms with Crippen molar-refractivity contribution in [2.75, 3.05) is 66.4 Å². The smallest absolute Gasteiger partial charge is 0.416 e. The van der Waals surface area contributed by atoms with Crippen LogP contribution < -0.4 is 20.4 Å². The van der Waals surface area contributed by atoms with Crippen molar-refractivity contribution >= 4 is 52.1 Å². The summed E-state index contributed by atoms with van der Waals surface area (Å²) in [5, 5.41) is 47.0. The quantitative estimate of drug-likeness (QED) is 0.0613. The SMILES string of the molecule is CCOC(=O)c1cc(C2CN=C3C(=NCCCO)Nc4cc(C(F)(F)F)ccc4N32)[nH]n1.OCCCN=C1Nc2cc(C(F)(F)F)ccc2N2C1=NCC2c1cc(CO)[nH]n1. The number of aliphatic hydroxyl groups excluding tert-OH is 3. The predicted molar refractivity (Wildman–Crippen MR) is 212 cm³/mol. The minimum Gasteiger partial charge on any atom is -0.461 e. The Morgan fingerprint density at radius 1 is 0.770 bits per heavy atom. The van der Waals surface area contributed by atoms with E-state index in [4.69, 9.17) is 14.9 Å². The maximum atomic E-state index is 13.3. The number of hydrogen-bond acceptors (Lipinski definition) is 13. The number of esters is 1. The van der Waals surface area contributed by atoms with E-state index in [9.17, 15) is 36.2 Å². The highest BCUT2D eigenvalue weighted by Gasteiger charge is 2.42. The van der Waals surface area contributed by atoms with Crippen LogP contribution in [-0.2, 0) is 23.7 Å². The van der Waals surface area contributed by atoms with E-state index in [1.165, 1.54) is 12.1 Å². The summed E-state index contributed by atoms with van der Waals surface area (Å²) in [4.78, 5) is 33.4. The molecular weight excluding hydrogens is 818 g/mol. The number of nitrogens with one attached hydrogen (secondary N) is 4. The van der Waals surface area contributed by atoms with Crippen LogP contribution in [0.5, 0.6) is 0 Å². The number of benzene rings is 2. The van der Waals surface area contributed by atoms with Crippen LogP contribution in [0.2, 0.25) is 0 Å². The van der Waals surface area contributed by atoms with Crippen molar-refractivity contribution in [3.63, 3.8) is 0 Å².